The molecule has 1 aliphatic heterocycles. The van der Waals surface area contributed by atoms with Gasteiger partial charge in [-0.05, 0) is 37.3 Å². The maximum Gasteiger partial charge on any atom is 0.164 e. The molecule has 2 atom stereocenters. The predicted molar refractivity (Wildman–Crippen MR) is 79.7 cm³/mol. The molecule has 1 heterocycles. The van der Waals surface area contributed by atoms with Crippen molar-refractivity contribution in [1.82, 2.24) is 5.32 Å². The maximum atomic E-state index is 12.2. The molecule has 2 heteroatoms. The average molecular weight is 259 g/mol. The van der Waals surface area contributed by atoms with Crippen molar-refractivity contribution in [3.8, 4) is 0 Å². The Morgan fingerprint density at radius 3 is 2.63 bits per heavy atom. The topological polar surface area (TPSA) is 29.1 Å². The highest BCUT2D eigenvalue weighted by Gasteiger charge is 2.17. The van der Waals surface area contributed by atoms with Gasteiger partial charge in [0.05, 0.1) is 0 Å². The number of ketones is 1. The van der Waals surface area contributed by atoms with Gasteiger partial charge in [-0.25, -0.2) is 0 Å². The van der Waals surface area contributed by atoms with Crippen LogP contribution in [0.5, 0.6) is 0 Å². The molecular formula is C17H25NO. The molecule has 0 radical (unpaired) electrons. The molecule has 1 aromatic carbocycles. The van der Waals surface area contributed by atoms with Crippen molar-refractivity contribution in [1.29, 1.82) is 0 Å². The second-order valence-electron chi connectivity index (χ2n) is 5.71. The normalized spacial score (nSPS) is 21.1. The maximum absolute atomic E-state index is 12.2. The molecule has 1 N–H and O–H groups in total. The van der Waals surface area contributed by atoms with E-state index in [0.717, 1.165) is 24.9 Å². The second-order valence-corrected chi connectivity index (χ2v) is 5.71. The van der Waals surface area contributed by atoms with Gasteiger partial charge in [-0.15, -0.1) is 0 Å². The van der Waals surface area contributed by atoms with E-state index in [1.54, 1.807) is 0 Å². The first-order chi connectivity index (χ1) is 9.20. The van der Waals surface area contributed by atoms with E-state index in [-0.39, 0.29) is 5.78 Å². The fraction of sp³-hybridized carbons (Fsp3) is 0.588. The molecule has 2 nitrogen and oxygen atoms in total. The van der Waals surface area contributed by atoms with Crippen molar-refractivity contribution < 1.29 is 4.79 Å². The van der Waals surface area contributed by atoms with Crippen LogP contribution in [-0.4, -0.2) is 18.4 Å². The van der Waals surface area contributed by atoms with Crippen molar-refractivity contribution in [2.75, 3.05) is 6.54 Å². The van der Waals surface area contributed by atoms with E-state index in [9.17, 15) is 4.79 Å². The Morgan fingerprint density at radius 1 is 1.32 bits per heavy atom. The summed E-state index contributed by atoms with van der Waals surface area (Å²) in [4.78, 5) is 12.2. The van der Waals surface area contributed by atoms with Gasteiger partial charge >= 0.3 is 0 Å². The second kappa shape index (κ2) is 6.85. The monoisotopic (exact) mass is 259 g/mol. The summed E-state index contributed by atoms with van der Waals surface area (Å²) in [5.74, 6) is 0.847. The van der Waals surface area contributed by atoms with Gasteiger partial charge in [-0.1, -0.05) is 44.5 Å². The van der Waals surface area contributed by atoms with Crippen LogP contribution in [0.15, 0.2) is 24.3 Å². The van der Waals surface area contributed by atoms with E-state index in [4.69, 9.17) is 0 Å². The summed E-state index contributed by atoms with van der Waals surface area (Å²) >= 11 is 0. The Hall–Kier alpha value is -1.15. The molecule has 19 heavy (non-hydrogen) atoms. The number of carbonyl (C=O) groups excluding carboxylic acids is 1. The fourth-order valence-electron chi connectivity index (χ4n) is 2.67. The van der Waals surface area contributed by atoms with E-state index in [1.165, 1.54) is 18.4 Å². The lowest BCUT2D eigenvalue weighted by molar-refractivity contribution is 0.0963. The highest BCUT2D eigenvalue weighted by atomic mass is 16.1. The molecular weight excluding hydrogens is 234 g/mol. The SMILES string of the molecule is CCC(C)c1ccc(C(=O)CC2CCCCN2)cc1. The molecule has 104 valence electrons. The van der Waals surface area contributed by atoms with Crippen LogP contribution in [0, 0.1) is 0 Å². The van der Waals surface area contributed by atoms with Gasteiger partial charge in [-0.3, -0.25) is 4.79 Å². The zero-order valence-corrected chi connectivity index (χ0v) is 12.1. The Balaban J connectivity index is 1.95. The first-order valence-electron chi connectivity index (χ1n) is 7.57. The zero-order chi connectivity index (χ0) is 13.7. The molecule has 0 aromatic heterocycles. The van der Waals surface area contributed by atoms with Crippen LogP contribution in [-0.2, 0) is 0 Å². The third kappa shape index (κ3) is 3.90. The quantitative estimate of drug-likeness (QED) is 0.812. The van der Waals surface area contributed by atoms with Crippen molar-refractivity contribution >= 4 is 5.78 Å². The van der Waals surface area contributed by atoms with Crippen LogP contribution in [0.4, 0.5) is 0 Å². The smallest absolute Gasteiger partial charge is 0.164 e. The lowest BCUT2D eigenvalue weighted by Crippen LogP contribution is -2.35. The van der Waals surface area contributed by atoms with Gasteiger partial charge < -0.3 is 5.32 Å². The largest absolute Gasteiger partial charge is 0.314 e. The first kappa shape index (κ1) is 14.3. The molecule has 2 unspecified atom stereocenters. The third-order valence-corrected chi connectivity index (χ3v) is 4.26. The van der Waals surface area contributed by atoms with Crippen LogP contribution in [0.2, 0.25) is 0 Å². The minimum atomic E-state index is 0.273. The number of benzene rings is 1. The lowest BCUT2D eigenvalue weighted by Gasteiger charge is -2.22. The Kier molecular flexibility index (Phi) is 5.15. The molecule has 0 saturated carbocycles. The van der Waals surface area contributed by atoms with Gasteiger partial charge in [0.15, 0.2) is 5.78 Å². The first-order valence-corrected chi connectivity index (χ1v) is 7.57. The summed E-state index contributed by atoms with van der Waals surface area (Å²) in [6.45, 7) is 5.48. The Labute approximate surface area is 116 Å². The predicted octanol–water partition coefficient (Wildman–Crippen LogP) is 3.92. The zero-order valence-electron chi connectivity index (χ0n) is 12.1. The summed E-state index contributed by atoms with van der Waals surface area (Å²) in [6, 6.07) is 8.58. The van der Waals surface area contributed by atoms with Crippen molar-refractivity contribution in [2.45, 2.75) is 57.9 Å². The molecule has 1 fully saturated rings. The summed E-state index contributed by atoms with van der Waals surface area (Å²) < 4.78 is 0. The van der Waals surface area contributed by atoms with Crippen LogP contribution >= 0.6 is 0 Å². The van der Waals surface area contributed by atoms with Crippen LogP contribution < -0.4 is 5.32 Å². The number of piperidine rings is 1. The summed E-state index contributed by atoms with van der Waals surface area (Å²) in [6.07, 6.45) is 5.41. The Morgan fingerprint density at radius 2 is 2.05 bits per heavy atom. The number of hydrogen-bond acceptors (Lipinski definition) is 2. The number of carbonyl (C=O) groups is 1. The number of rotatable bonds is 5. The van der Waals surface area contributed by atoms with Crippen molar-refractivity contribution in [2.24, 2.45) is 0 Å². The number of hydrogen-bond donors (Lipinski definition) is 1. The molecule has 0 amide bonds. The van der Waals surface area contributed by atoms with E-state index >= 15 is 0 Å². The average Bonchev–Trinajstić information content (AvgIpc) is 2.47. The molecule has 1 aliphatic rings. The van der Waals surface area contributed by atoms with Crippen LogP contribution in [0.3, 0.4) is 0 Å². The molecule has 0 spiro atoms. The van der Waals surface area contributed by atoms with E-state index in [2.05, 4.69) is 31.3 Å². The van der Waals surface area contributed by atoms with Gasteiger partial charge in [-0.2, -0.15) is 0 Å². The minimum absolute atomic E-state index is 0.273. The molecule has 0 bridgehead atoms. The van der Waals surface area contributed by atoms with Gasteiger partial charge in [0, 0.05) is 18.0 Å². The van der Waals surface area contributed by atoms with Gasteiger partial charge in [0.1, 0.15) is 0 Å². The molecule has 2 rings (SSSR count). The summed E-state index contributed by atoms with van der Waals surface area (Å²) in [7, 11) is 0. The molecule has 1 aromatic rings. The Bertz CT molecular complexity index is 404. The highest BCUT2D eigenvalue weighted by Crippen LogP contribution is 2.20. The standard InChI is InChI=1S/C17H25NO/c1-3-13(2)14-7-9-15(10-8-14)17(19)12-16-6-4-5-11-18-16/h7-10,13,16,18H,3-6,11-12H2,1-2H3. The number of Topliss-reactive ketones (excluding diaryl/α,β-unsaturated/α-hetero) is 1. The van der Waals surface area contributed by atoms with Gasteiger partial charge in [0.25, 0.3) is 0 Å². The van der Waals surface area contributed by atoms with E-state index in [1.807, 2.05) is 12.1 Å². The molecule has 0 aliphatic carbocycles. The van der Waals surface area contributed by atoms with E-state index < -0.39 is 0 Å². The van der Waals surface area contributed by atoms with E-state index in [0.29, 0.717) is 18.4 Å². The van der Waals surface area contributed by atoms with Crippen molar-refractivity contribution in [3.63, 3.8) is 0 Å². The third-order valence-electron chi connectivity index (χ3n) is 4.26. The highest BCUT2D eigenvalue weighted by molar-refractivity contribution is 5.96. The lowest BCUT2D eigenvalue weighted by atomic mass is 9.94. The van der Waals surface area contributed by atoms with Crippen LogP contribution in [0.1, 0.15) is 67.8 Å². The molecule has 1 saturated heterocycles. The van der Waals surface area contributed by atoms with Crippen molar-refractivity contribution in [3.05, 3.63) is 35.4 Å². The van der Waals surface area contributed by atoms with Gasteiger partial charge in [0.2, 0.25) is 0 Å². The minimum Gasteiger partial charge on any atom is -0.314 e. The van der Waals surface area contributed by atoms with Crippen LogP contribution in [0.25, 0.3) is 0 Å². The fourth-order valence-corrected chi connectivity index (χ4v) is 2.67. The number of nitrogens with one attached hydrogen (secondary N) is 1. The summed E-state index contributed by atoms with van der Waals surface area (Å²) in [5.41, 5.74) is 2.19. The summed E-state index contributed by atoms with van der Waals surface area (Å²) in [5, 5.41) is 3.44.